The Labute approximate surface area is 96.1 Å². The van der Waals surface area contributed by atoms with Crippen LogP contribution in [-0.2, 0) is 6.42 Å². The Morgan fingerprint density at radius 2 is 2.12 bits per heavy atom. The molecule has 0 fully saturated rings. The van der Waals surface area contributed by atoms with Gasteiger partial charge in [-0.15, -0.1) is 0 Å². The molecule has 0 bridgehead atoms. The van der Waals surface area contributed by atoms with E-state index >= 15 is 0 Å². The first-order valence-electron chi connectivity index (χ1n) is 6.17. The molecule has 3 rings (SSSR count). The van der Waals surface area contributed by atoms with Crippen molar-refractivity contribution in [1.29, 1.82) is 0 Å². The Balaban J connectivity index is 2.23. The molecule has 84 valence electrons. The highest BCUT2D eigenvalue weighted by Gasteiger charge is 2.21. The number of rotatable bonds is 1. The number of benzene rings is 1. The van der Waals surface area contributed by atoms with Crippen LogP contribution in [0.3, 0.4) is 0 Å². The van der Waals surface area contributed by atoms with Crippen LogP contribution in [0.1, 0.15) is 36.6 Å². The van der Waals surface area contributed by atoms with Crippen LogP contribution in [0.4, 0.5) is 0 Å². The predicted molar refractivity (Wildman–Crippen MR) is 67.7 cm³/mol. The predicted octanol–water partition coefficient (Wildman–Crippen LogP) is 3.15. The molecule has 0 spiro atoms. The molecule has 0 aliphatic heterocycles. The zero-order valence-corrected chi connectivity index (χ0v) is 9.72. The van der Waals surface area contributed by atoms with Crippen molar-refractivity contribution in [1.82, 2.24) is 10.3 Å². The van der Waals surface area contributed by atoms with Gasteiger partial charge in [0.1, 0.15) is 0 Å². The summed E-state index contributed by atoms with van der Waals surface area (Å²) in [6, 6.07) is 9.17. The zero-order valence-electron chi connectivity index (χ0n) is 9.72. The molecule has 1 aromatic heterocycles. The highest BCUT2D eigenvalue weighted by molar-refractivity contribution is 5.85. The molecular formula is C14H18N2. The number of aromatic nitrogens is 1. The minimum absolute atomic E-state index is 0.522. The first-order valence-corrected chi connectivity index (χ1v) is 6.17. The second-order valence-electron chi connectivity index (χ2n) is 4.65. The van der Waals surface area contributed by atoms with E-state index in [1.54, 1.807) is 0 Å². The first-order chi connectivity index (χ1) is 7.90. The number of nitrogens with one attached hydrogen (secondary N) is 2. The van der Waals surface area contributed by atoms with Gasteiger partial charge in [-0.05, 0) is 37.9 Å². The highest BCUT2D eigenvalue weighted by Crippen LogP contribution is 2.34. The van der Waals surface area contributed by atoms with Crippen molar-refractivity contribution < 1.29 is 0 Å². The summed E-state index contributed by atoms with van der Waals surface area (Å²) < 4.78 is 0. The minimum Gasteiger partial charge on any atom is -0.358 e. The largest absolute Gasteiger partial charge is 0.358 e. The SMILES string of the molecule is CNC1CCCCc2[nH]c3ccccc3c21. The van der Waals surface area contributed by atoms with E-state index in [4.69, 9.17) is 0 Å². The molecule has 2 aromatic rings. The lowest BCUT2D eigenvalue weighted by molar-refractivity contribution is 0.536. The van der Waals surface area contributed by atoms with Crippen LogP contribution in [0.15, 0.2) is 24.3 Å². The summed E-state index contributed by atoms with van der Waals surface area (Å²) in [5.41, 5.74) is 4.24. The smallest absolute Gasteiger partial charge is 0.0459 e. The molecule has 16 heavy (non-hydrogen) atoms. The molecule has 0 saturated heterocycles. The Hall–Kier alpha value is -1.28. The third kappa shape index (κ3) is 1.45. The van der Waals surface area contributed by atoms with Gasteiger partial charge < -0.3 is 10.3 Å². The van der Waals surface area contributed by atoms with Crippen molar-refractivity contribution in [3.63, 3.8) is 0 Å². The number of para-hydroxylation sites is 1. The molecule has 0 amide bonds. The lowest BCUT2D eigenvalue weighted by Crippen LogP contribution is -2.15. The number of aromatic amines is 1. The fraction of sp³-hybridized carbons (Fsp3) is 0.429. The Morgan fingerprint density at radius 3 is 3.00 bits per heavy atom. The molecule has 1 aliphatic rings. The van der Waals surface area contributed by atoms with E-state index in [-0.39, 0.29) is 0 Å². The van der Waals surface area contributed by atoms with E-state index in [9.17, 15) is 0 Å². The number of H-pyrrole nitrogens is 1. The van der Waals surface area contributed by atoms with Crippen molar-refractivity contribution in [2.45, 2.75) is 31.7 Å². The molecular weight excluding hydrogens is 196 g/mol. The van der Waals surface area contributed by atoms with Crippen LogP contribution in [0.2, 0.25) is 0 Å². The van der Waals surface area contributed by atoms with Gasteiger partial charge in [0.25, 0.3) is 0 Å². The molecule has 2 nitrogen and oxygen atoms in total. The Bertz CT molecular complexity index is 498. The fourth-order valence-electron chi connectivity index (χ4n) is 2.90. The van der Waals surface area contributed by atoms with Crippen molar-refractivity contribution in [2.75, 3.05) is 7.05 Å². The monoisotopic (exact) mass is 214 g/mol. The Kier molecular flexibility index (Phi) is 2.44. The van der Waals surface area contributed by atoms with Gasteiger partial charge in [-0.2, -0.15) is 0 Å². The lowest BCUT2D eigenvalue weighted by atomic mass is 10.0. The summed E-state index contributed by atoms with van der Waals surface area (Å²) in [6.07, 6.45) is 5.08. The van der Waals surface area contributed by atoms with Crippen molar-refractivity contribution in [3.8, 4) is 0 Å². The first kappa shape index (κ1) is 9.91. The summed E-state index contributed by atoms with van der Waals surface area (Å²) >= 11 is 0. The second kappa shape index (κ2) is 3.95. The quantitative estimate of drug-likeness (QED) is 0.701. The van der Waals surface area contributed by atoms with Crippen LogP contribution in [0.25, 0.3) is 10.9 Å². The minimum atomic E-state index is 0.522. The molecule has 2 heteroatoms. The van der Waals surface area contributed by atoms with E-state index in [0.717, 1.165) is 0 Å². The maximum absolute atomic E-state index is 3.58. The molecule has 1 aromatic carbocycles. The average Bonchev–Trinajstić information content (AvgIpc) is 2.56. The summed E-state index contributed by atoms with van der Waals surface area (Å²) in [5.74, 6) is 0. The van der Waals surface area contributed by atoms with Gasteiger partial charge in [0.15, 0.2) is 0 Å². The van der Waals surface area contributed by atoms with E-state index in [0.29, 0.717) is 6.04 Å². The van der Waals surface area contributed by atoms with Gasteiger partial charge in [0.2, 0.25) is 0 Å². The van der Waals surface area contributed by atoms with Crippen LogP contribution >= 0.6 is 0 Å². The van der Waals surface area contributed by atoms with E-state index < -0.39 is 0 Å². The number of fused-ring (bicyclic) bond motifs is 3. The summed E-state index contributed by atoms with van der Waals surface area (Å²) in [7, 11) is 2.07. The van der Waals surface area contributed by atoms with Crippen LogP contribution in [0, 0.1) is 0 Å². The number of hydrogen-bond acceptors (Lipinski definition) is 1. The summed E-state index contributed by atoms with van der Waals surface area (Å²) in [5, 5.41) is 4.86. The van der Waals surface area contributed by atoms with Crippen molar-refractivity contribution in [2.24, 2.45) is 0 Å². The molecule has 1 aliphatic carbocycles. The van der Waals surface area contributed by atoms with Crippen LogP contribution < -0.4 is 5.32 Å². The topological polar surface area (TPSA) is 27.8 Å². The fourth-order valence-corrected chi connectivity index (χ4v) is 2.90. The molecule has 2 N–H and O–H groups in total. The molecule has 0 saturated carbocycles. The second-order valence-corrected chi connectivity index (χ2v) is 4.65. The van der Waals surface area contributed by atoms with Crippen LogP contribution in [-0.4, -0.2) is 12.0 Å². The molecule has 1 atom stereocenters. The van der Waals surface area contributed by atoms with Gasteiger partial charge in [-0.1, -0.05) is 24.6 Å². The van der Waals surface area contributed by atoms with E-state index in [1.807, 2.05) is 0 Å². The van der Waals surface area contributed by atoms with Gasteiger partial charge in [-0.25, -0.2) is 0 Å². The molecule has 1 unspecified atom stereocenters. The molecule has 1 heterocycles. The van der Waals surface area contributed by atoms with Gasteiger partial charge in [0.05, 0.1) is 0 Å². The van der Waals surface area contributed by atoms with E-state index in [2.05, 4.69) is 41.6 Å². The van der Waals surface area contributed by atoms with Crippen molar-refractivity contribution >= 4 is 10.9 Å². The maximum atomic E-state index is 3.58. The third-order valence-corrected chi connectivity index (χ3v) is 3.69. The highest BCUT2D eigenvalue weighted by atomic mass is 14.9. The van der Waals surface area contributed by atoms with Gasteiger partial charge in [0, 0.05) is 22.6 Å². The Morgan fingerprint density at radius 1 is 1.25 bits per heavy atom. The normalized spacial score (nSPS) is 20.7. The average molecular weight is 214 g/mol. The van der Waals surface area contributed by atoms with Crippen LogP contribution in [0.5, 0.6) is 0 Å². The standard InChI is InChI=1S/C14H18N2/c1-15-12-8-4-5-9-13-14(12)10-6-2-3-7-11(10)16-13/h2-3,6-7,12,15-16H,4-5,8-9H2,1H3. The van der Waals surface area contributed by atoms with Gasteiger partial charge >= 0.3 is 0 Å². The molecule has 0 radical (unpaired) electrons. The maximum Gasteiger partial charge on any atom is 0.0459 e. The van der Waals surface area contributed by atoms with Crippen molar-refractivity contribution in [3.05, 3.63) is 35.5 Å². The lowest BCUT2D eigenvalue weighted by Gasteiger charge is -2.14. The van der Waals surface area contributed by atoms with Gasteiger partial charge in [-0.3, -0.25) is 0 Å². The number of hydrogen-bond donors (Lipinski definition) is 2. The third-order valence-electron chi connectivity index (χ3n) is 3.69. The number of aryl methyl sites for hydroxylation is 1. The summed E-state index contributed by atoms with van der Waals surface area (Å²) in [6.45, 7) is 0. The zero-order chi connectivity index (χ0) is 11.0. The summed E-state index contributed by atoms with van der Waals surface area (Å²) in [4.78, 5) is 3.58. The van der Waals surface area contributed by atoms with E-state index in [1.165, 1.54) is 47.8 Å².